The van der Waals surface area contributed by atoms with Crippen molar-refractivity contribution in [1.82, 2.24) is 4.68 Å². The highest BCUT2D eigenvalue weighted by atomic mass is 19.1. The van der Waals surface area contributed by atoms with Crippen molar-refractivity contribution < 1.29 is 9.24 Å². The number of para-hydroxylation sites is 1. The van der Waals surface area contributed by atoms with E-state index in [1.54, 1.807) is 24.4 Å². The van der Waals surface area contributed by atoms with Gasteiger partial charge in [0.1, 0.15) is 11.5 Å². The molecule has 3 rings (SSSR count). The zero-order chi connectivity index (χ0) is 13.2. The fraction of sp³-hybridized carbons (Fsp3) is 0. The number of rotatable bonds is 2. The van der Waals surface area contributed by atoms with Crippen molar-refractivity contribution in [2.24, 2.45) is 0 Å². The molecule has 0 aliphatic rings. The maximum atomic E-state index is 12.9. The molecule has 3 nitrogen and oxygen atoms in total. The van der Waals surface area contributed by atoms with Crippen LogP contribution in [-0.2, 0) is 0 Å². The van der Waals surface area contributed by atoms with Gasteiger partial charge in [-0.3, -0.25) is 0 Å². The van der Waals surface area contributed by atoms with Crippen molar-refractivity contribution in [3.8, 4) is 16.9 Å². The Morgan fingerprint density at radius 2 is 1.58 bits per heavy atom. The van der Waals surface area contributed by atoms with Crippen LogP contribution < -0.4 is 4.85 Å². The summed E-state index contributed by atoms with van der Waals surface area (Å²) in [7, 11) is 0. The van der Waals surface area contributed by atoms with Gasteiger partial charge in [0.25, 0.3) is 5.69 Å². The van der Waals surface area contributed by atoms with Crippen LogP contribution in [0.1, 0.15) is 0 Å². The minimum absolute atomic E-state index is 0.316. The normalized spacial score (nSPS) is 10.6. The number of aromatic nitrogens is 2. The summed E-state index contributed by atoms with van der Waals surface area (Å²) < 4.78 is 14.4. The topological polar surface area (TPSA) is 31.9 Å². The molecule has 4 heteroatoms. The Morgan fingerprint density at radius 1 is 0.895 bits per heavy atom. The molecule has 0 aliphatic carbocycles. The van der Waals surface area contributed by atoms with E-state index in [1.165, 1.54) is 16.8 Å². The van der Waals surface area contributed by atoms with E-state index in [9.17, 15) is 9.60 Å². The predicted octanol–water partition coefficient (Wildman–Crippen LogP) is 2.92. The molecule has 0 spiro atoms. The van der Waals surface area contributed by atoms with E-state index in [0.717, 1.165) is 10.5 Å². The molecule has 0 radical (unpaired) electrons. The van der Waals surface area contributed by atoms with Crippen molar-refractivity contribution in [1.29, 1.82) is 0 Å². The van der Waals surface area contributed by atoms with Gasteiger partial charge < -0.3 is 5.21 Å². The second-order valence-corrected chi connectivity index (χ2v) is 4.16. The Hall–Kier alpha value is -2.62. The first-order chi connectivity index (χ1) is 9.25. The molecule has 0 saturated heterocycles. The Kier molecular flexibility index (Phi) is 2.76. The summed E-state index contributed by atoms with van der Waals surface area (Å²) in [4.78, 5) is 0.794. The van der Waals surface area contributed by atoms with Crippen molar-refractivity contribution in [2.45, 2.75) is 0 Å². The third-order valence-electron chi connectivity index (χ3n) is 2.94. The van der Waals surface area contributed by atoms with Gasteiger partial charge in [-0.2, -0.15) is 0 Å². The third kappa shape index (κ3) is 2.08. The van der Waals surface area contributed by atoms with Crippen molar-refractivity contribution in [3.05, 3.63) is 77.9 Å². The number of hydrogen-bond donors (Lipinski definition) is 0. The lowest BCUT2D eigenvalue weighted by Gasteiger charge is -2.04. The van der Waals surface area contributed by atoms with Crippen LogP contribution in [0.25, 0.3) is 16.9 Å². The number of benzene rings is 2. The van der Waals surface area contributed by atoms with Gasteiger partial charge in [-0.15, -0.1) is 4.68 Å². The van der Waals surface area contributed by atoms with E-state index in [4.69, 9.17) is 0 Å². The first kappa shape index (κ1) is 11.5. The highest BCUT2D eigenvalue weighted by Crippen LogP contribution is 2.17. The number of hydrogen-bond acceptors (Lipinski definition) is 1. The van der Waals surface area contributed by atoms with Gasteiger partial charge in [0, 0.05) is 6.07 Å². The van der Waals surface area contributed by atoms with Crippen LogP contribution in [0.5, 0.6) is 0 Å². The molecule has 0 amide bonds. The minimum atomic E-state index is -0.316. The minimum Gasteiger partial charge on any atom is -0.595 e. The Labute approximate surface area is 109 Å². The predicted molar refractivity (Wildman–Crippen MR) is 70.1 cm³/mol. The first-order valence-electron chi connectivity index (χ1n) is 5.88. The average Bonchev–Trinajstić information content (AvgIpc) is 2.83. The van der Waals surface area contributed by atoms with Gasteiger partial charge >= 0.3 is 0 Å². The highest BCUT2D eigenvalue weighted by molar-refractivity contribution is 5.55. The molecule has 0 bridgehead atoms. The largest absolute Gasteiger partial charge is 0.595 e. The number of nitrogens with zero attached hydrogens (tertiary/aromatic N) is 2. The molecule has 94 valence electrons. The van der Waals surface area contributed by atoms with Crippen LogP contribution in [0.3, 0.4) is 0 Å². The molecule has 2 aromatic carbocycles. The molecule has 0 saturated carbocycles. The van der Waals surface area contributed by atoms with Gasteiger partial charge in [0.2, 0.25) is 0 Å². The van der Waals surface area contributed by atoms with Crippen LogP contribution in [0, 0.1) is 11.0 Å². The highest BCUT2D eigenvalue weighted by Gasteiger charge is 2.14. The zero-order valence-corrected chi connectivity index (χ0v) is 10.0. The lowest BCUT2D eigenvalue weighted by molar-refractivity contribution is -0.673. The van der Waals surface area contributed by atoms with Gasteiger partial charge in [-0.1, -0.05) is 23.0 Å². The quantitative estimate of drug-likeness (QED) is 0.511. The maximum absolute atomic E-state index is 12.9. The average molecular weight is 254 g/mol. The molecule has 0 fully saturated rings. The van der Waals surface area contributed by atoms with E-state index >= 15 is 0 Å². The lowest BCUT2D eigenvalue weighted by atomic mass is 10.1. The summed E-state index contributed by atoms with van der Waals surface area (Å²) in [5, 5.41) is 12.2. The molecule has 1 aromatic heterocycles. The van der Waals surface area contributed by atoms with E-state index < -0.39 is 0 Å². The molecular weight excluding hydrogens is 243 g/mol. The molecule has 0 unspecified atom stereocenters. The third-order valence-corrected chi connectivity index (χ3v) is 2.94. The van der Waals surface area contributed by atoms with Crippen molar-refractivity contribution in [2.75, 3.05) is 0 Å². The van der Waals surface area contributed by atoms with Crippen LogP contribution in [0.2, 0.25) is 0 Å². The van der Waals surface area contributed by atoms with E-state index in [2.05, 4.69) is 0 Å². The van der Waals surface area contributed by atoms with Crippen LogP contribution >= 0.6 is 0 Å². The molecule has 0 atom stereocenters. The van der Waals surface area contributed by atoms with E-state index in [0.29, 0.717) is 11.3 Å². The van der Waals surface area contributed by atoms with Crippen LogP contribution in [0.4, 0.5) is 4.39 Å². The Balaban J connectivity index is 2.06. The Morgan fingerprint density at radius 3 is 2.26 bits per heavy atom. The van der Waals surface area contributed by atoms with Gasteiger partial charge in [0.05, 0.1) is 11.8 Å². The summed E-state index contributed by atoms with van der Waals surface area (Å²) >= 11 is 0. The van der Waals surface area contributed by atoms with Gasteiger partial charge in [-0.05, 0) is 36.4 Å². The molecule has 0 N–H and O–H groups in total. The molecule has 1 heterocycles. The van der Waals surface area contributed by atoms with Gasteiger partial charge in [0.15, 0.2) is 0 Å². The smallest absolute Gasteiger partial charge is 0.251 e. The lowest BCUT2D eigenvalue weighted by Crippen LogP contribution is -2.37. The second-order valence-electron chi connectivity index (χ2n) is 4.16. The Bertz CT molecular complexity index is 690. The summed E-state index contributed by atoms with van der Waals surface area (Å²) in [6, 6.07) is 16.9. The zero-order valence-electron chi connectivity index (χ0n) is 10.0. The summed E-state index contributed by atoms with van der Waals surface area (Å²) in [6.07, 6.45) is 1.70. The molecule has 0 aliphatic heterocycles. The SMILES string of the molecule is [O-][n+]1c(-c2ccc(F)cc2)ccn1-c1ccccc1. The molecular formula is C15H11FN2O. The second kappa shape index (κ2) is 4.57. The number of halogens is 1. The summed E-state index contributed by atoms with van der Waals surface area (Å²) in [5.74, 6) is -0.316. The molecule has 19 heavy (non-hydrogen) atoms. The summed E-state index contributed by atoms with van der Waals surface area (Å²) in [6.45, 7) is 0. The molecule has 3 aromatic rings. The van der Waals surface area contributed by atoms with Crippen LogP contribution in [-0.4, -0.2) is 4.68 Å². The maximum Gasteiger partial charge on any atom is 0.251 e. The van der Waals surface area contributed by atoms with Crippen molar-refractivity contribution >= 4 is 0 Å². The fourth-order valence-corrected chi connectivity index (χ4v) is 1.98. The van der Waals surface area contributed by atoms with Crippen LogP contribution in [0.15, 0.2) is 66.9 Å². The van der Waals surface area contributed by atoms with E-state index in [1.807, 2.05) is 30.3 Å². The standard InChI is InChI=1S/C15H11FN2O/c16-13-8-6-12(7-9-13)15-10-11-17(18(15)19)14-4-2-1-3-5-14/h1-11H. The first-order valence-corrected chi connectivity index (χ1v) is 5.88. The monoisotopic (exact) mass is 254 g/mol. The van der Waals surface area contributed by atoms with E-state index in [-0.39, 0.29) is 5.82 Å². The van der Waals surface area contributed by atoms with Gasteiger partial charge in [-0.25, -0.2) is 4.39 Å². The fourth-order valence-electron chi connectivity index (χ4n) is 1.98. The van der Waals surface area contributed by atoms with Crippen molar-refractivity contribution in [3.63, 3.8) is 0 Å². The summed E-state index contributed by atoms with van der Waals surface area (Å²) in [5.41, 5.74) is 1.96.